The first-order chi connectivity index (χ1) is 10.5. The Morgan fingerprint density at radius 2 is 1.77 bits per heavy atom. The van der Waals surface area contributed by atoms with Gasteiger partial charge in [0.15, 0.2) is 5.11 Å². The molecule has 0 amide bonds. The van der Waals surface area contributed by atoms with Gasteiger partial charge < -0.3 is 5.32 Å². The van der Waals surface area contributed by atoms with Crippen LogP contribution < -0.4 is 10.7 Å². The number of hydrogen-bond donors (Lipinski definition) is 2. The molecule has 6 heteroatoms. The first-order valence-electron chi connectivity index (χ1n) is 6.58. The van der Waals surface area contributed by atoms with Crippen molar-refractivity contribution < 1.29 is 0 Å². The van der Waals surface area contributed by atoms with Crippen LogP contribution in [0.3, 0.4) is 0 Å². The van der Waals surface area contributed by atoms with Crippen LogP contribution in [0.1, 0.15) is 16.7 Å². The zero-order valence-corrected chi connectivity index (χ0v) is 14.5. The topological polar surface area (TPSA) is 36.4 Å². The third-order valence-electron chi connectivity index (χ3n) is 3.04. The third kappa shape index (κ3) is 4.44. The lowest BCUT2D eigenvalue weighted by Gasteiger charge is -2.12. The van der Waals surface area contributed by atoms with Gasteiger partial charge in [-0.05, 0) is 54.9 Å². The van der Waals surface area contributed by atoms with Crippen LogP contribution in [-0.2, 0) is 0 Å². The maximum absolute atomic E-state index is 5.95. The van der Waals surface area contributed by atoms with E-state index < -0.39 is 0 Å². The summed E-state index contributed by atoms with van der Waals surface area (Å²) in [4.78, 5) is 0. The van der Waals surface area contributed by atoms with E-state index in [9.17, 15) is 0 Å². The van der Waals surface area contributed by atoms with Gasteiger partial charge in [0, 0.05) is 5.69 Å². The quantitative estimate of drug-likeness (QED) is 0.467. The summed E-state index contributed by atoms with van der Waals surface area (Å²) in [7, 11) is 0. The normalized spacial score (nSPS) is 10.7. The number of nitrogens with one attached hydrogen (secondary N) is 2. The van der Waals surface area contributed by atoms with Gasteiger partial charge in [-0.25, -0.2) is 0 Å². The fraction of sp³-hybridized carbons (Fsp3) is 0.125. The molecule has 0 heterocycles. The monoisotopic (exact) mass is 351 g/mol. The van der Waals surface area contributed by atoms with E-state index in [0.717, 1.165) is 22.4 Å². The molecule has 0 atom stereocenters. The zero-order valence-electron chi connectivity index (χ0n) is 12.2. The Kier molecular flexibility index (Phi) is 5.77. The molecule has 0 saturated heterocycles. The van der Waals surface area contributed by atoms with Crippen molar-refractivity contribution in [3.63, 3.8) is 0 Å². The van der Waals surface area contributed by atoms with E-state index >= 15 is 0 Å². The second kappa shape index (κ2) is 7.58. The Hall–Kier alpha value is -1.62. The summed E-state index contributed by atoms with van der Waals surface area (Å²) < 4.78 is 0. The van der Waals surface area contributed by atoms with Crippen LogP contribution >= 0.6 is 35.4 Å². The van der Waals surface area contributed by atoms with Crippen LogP contribution in [0, 0.1) is 13.8 Å². The highest BCUT2D eigenvalue weighted by Crippen LogP contribution is 2.22. The average Bonchev–Trinajstić information content (AvgIpc) is 2.47. The lowest BCUT2D eigenvalue weighted by Crippen LogP contribution is -2.24. The van der Waals surface area contributed by atoms with Gasteiger partial charge in [-0.15, -0.1) is 0 Å². The molecule has 114 valence electrons. The number of anilines is 1. The van der Waals surface area contributed by atoms with Gasteiger partial charge in [0.1, 0.15) is 0 Å². The summed E-state index contributed by atoms with van der Waals surface area (Å²) in [5, 5.41) is 8.66. The van der Waals surface area contributed by atoms with Gasteiger partial charge in [0.05, 0.1) is 16.3 Å². The Balaban J connectivity index is 1.98. The predicted molar refractivity (Wildman–Crippen MR) is 99.3 cm³/mol. The highest BCUT2D eigenvalue weighted by Gasteiger charge is 2.03. The van der Waals surface area contributed by atoms with Crippen LogP contribution in [0.15, 0.2) is 41.5 Å². The molecule has 0 aliphatic carbocycles. The number of benzene rings is 2. The van der Waals surface area contributed by atoms with E-state index in [0.29, 0.717) is 15.2 Å². The van der Waals surface area contributed by atoms with Crippen molar-refractivity contribution in [1.82, 2.24) is 5.43 Å². The zero-order chi connectivity index (χ0) is 16.1. The highest BCUT2D eigenvalue weighted by atomic mass is 35.5. The Labute approximate surface area is 145 Å². The van der Waals surface area contributed by atoms with E-state index in [1.807, 2.05) is 38.1 Å². The standard InChI is InChI=1S/C16H15Cl2N3S/c1-10-4-3-5-11(2)15(10)20-16(22)21-19-9-12-6-7-13(17)14(18)8-12/h3-9H,1-2H3,(H2,20,21,22)/b19-9-. The summed E-state index contributed by atoms with van der Waals surface area (Å²) in [6.45, 7) is 4.05. The van der Waals surface area contributed by atoms with Crippen molar-refractivity contribution in [3.05, 3.63) is 63.1 Å². The lowest BCUT2D eigenvalue weighted by molar-refractivity contribution is 1.05. The SMILES string of the molecule is Cc1cccc(C)c1NC(=S)N/N=C\c1ccc(Cl)c(Cl)c1. The molecule has 3 nitrogen and oxygen atoms in total. The number of nitrogens with zero attached hydrogens (tertiary/aromatic N) is 1. The maximum Gasteiger partial charge on any atom is 0.191 e. The first kappa shape index (κ1) is 16.7. The highest BCUT2D eigenvalue weighted by molar-refractivity contribution is 7.80. The number of aryl methyl sites for hydroxylation is 2. The molecule has 0 bridgehead atoms. The van der Waals surface area contributed by atoms with Crippen LogP contribution in [-0.4, -0.2) is 11.3 Å². The minimum absolute atomic E-state index is 0.425. The molecule has 0 aromatic heterocycles. The first-order valence-corrected chi connectivity index (χ1v) is 7.75. The van der Waals surface area contributed by atoms with Crippen molar-refractivity contribution in [2.24, 2.45) is 5.10 Å². The molecule has 0 fully saturated rings. The molecule has 2 aromatic rings. The molecule has 2 rings (SSSR count). The summed E-state index contributed by atoms with van der Waals surface area (Å²) >= 11 is 17.0. The van der Waals surface area contributed by atoms with E-state index in [4.69, 9.17) is 35.4 Å². The summed E-state index contributed by atoms with van der Waals surface area (Å²) in [6, 6.07) is 11.3. The van der Waals surface area contributed by atoms with Crippen LogP contribution in [0.2, 0.25) is 10.0 Å². The number of para-hydroxylation sites is 1. The fourth-order valence-electron chi connectivity index (χ4n) is 1.91. The fourth-order valence-corrected chi connectivity index (χ4v) is 2.37. The maximum atomic E-state index is 5.95. The van der Waals surface area contributed by atoms with Crippen LogP contribution in [0.5, 0.6) is 0 Å². The van der Waals surface area contributed by atoms with Crippen molar-refractivity contribution in [2.75, 3.05) is 5.32 Å². The molecule has 2 aromatic carbocycles. The third-order valence-corrected chi connectivity index (χ3v) is 3.98. The molecule has 0 aliphatic rings. The van der Waals surface area contributed by atoms with Gasteiger partial charge in [-0.2, -0.15) is 5.10 Å². The lowest BCUT2D eigenvalue weighted by atomic mass is 10.1. The van der Waals surface area contributed by atoms with Gasteiger partial charge in [0.2, 0.25) is 0 Å². The number of rotatable bonds is 3. The Morgan fingerprint density at radius 3 is 2.41 bits per heavy atom. The van der Waals surface area contributed by atoms with Gasteiger partial charge in [-0.1, -0.05) is 47.5 Å². The Bertz CT molecular complexity index is 709. The van der Waals surface area contributed by atoms with Crippen molar-refractivity contribution >= 4 is 52.4 Å². The largest absolute Gasteiger partial charge is 0.331 e. The van der Waals surface area contributed by atoms with Crippen LogP contribution in [0.4, 0.5) is 5.69 Å². The number of halogens is 2. The summed E-state index contributed by atoms with van der Waals surface area (Å²) in [6.07, 6.45) is 1.63. The second-order valence-corrected chi connectivity index (χ2v) is 5.99. The average molecular weight is 352 g/mol. The smallest absolute Gasteiger partial charge is 0.191 e. The van der Waals surface area contributed by atoms with E-state index in [2.05, 4.69) is 15.8 Å². The van der Waals surface area contributed by atoms with Crippen molar-refractivity contribution in [1.29, 1.82) is 0 Å². The number of hydrogen-bond acceptors (Lipinski definition) is 2. The molecule has 2 N–H and O–H groups in total. The molecular weight excluding hydrogens is 337 g/mol. The number of hydrazone groups is 1. The molecule has 0 spiro atoms. The predicted octanol–water partition coefficient (Wildman–Crippen LogP) is 4.93. The summed E-state index contributed by atoms with van der Waals surface area (Å²) in [5.74, 6) is 0. The second-order valence-electron chi connectivity index (χ2n) is 4.76. The molecule has 0 saturated carbocycles. The van der Waals surface area contributed by atoms with Crippen molar-refractivity contribution in [2.45, 2.75) is 13.8 Å². The molecular formula is C16H15Cl2N3S. The van der Waals surface area contributed by atoms with Gasteiger partial charge in [0.25, 0.3) is 0 Å². The van der Waals surface area contributed by atoms with Gasteiger partial charge in [-0.3, -0.25) is 5.43 Å². The van der Waals surface area contributed by atoms with E-state index in [-0.39, 0.29) is 0 Å². The van der Waals surface area contributed by atoms with Gasteiger partial charge >= 0.3 is 0 Å². The summed E-state index contributed by atoms with van der Waals surface area (Å²) in [5.41, 5.74) is 6.85. The number of thiocarbonyl (C=S) groups is 1. The van der Waals surface area contributed by atoms with E-state index in [1.165, 1.54) is 0 Å². The molecule has 0 aliphatic heterocycles. The Morgan fingerprint density at radius 1 is 1.09 bits per heavy atom. The molecule has 0 unspecified atom stereocenters. The van der Waals surface area contributed by atoms with Crippen molar-refractivity contribution in [3.8, 4) is 0 Å². The van der Waals surface area contributed by atoms with E-state index in [1.54, 1.807) is 18.3 Å². The molecule has 0 radical (unpaired) electrons. The molecule has 22 heavy (non-hydrogen) atoms. The minimum Gasteiger partial charge on any atom is -0.331 e. The van der Waals surface area contributed by atoms with Crippen LogP contribution in [0.25, 0.3) is 0 Å². The minimum atomic E-state index is 0.425.